The Labute approximate surface area is 96.1 Å². The van der Waals surface area contributed by atoms with Crippen molar-refractivity contribution in [3.63, 3.8) is 0 Å². The van der Waals surface area contributed by atoms with Gasteiger partial charge in [0.05, 0.1) is 11.7 Å². The molecule has 1 N–H and O–H groups in total. The number of benzene rings is 1. The molecule has 0 saturated heterocycles. The first-order chi connectivity index (χ1) is 7.63. The van der Waals surface area contributed by atoms with Gasteiger partial charge in [0.1, 0.15) is 5.75 Å². The quantitative estimate of drug-likeness (QED) is 0.802. The normalized spacial score (nSPS) is 12.1. The first kappa shape index (κ1) is 12.6. The van der Waals surface area contributed by atoms with E-state index in [1.54, 1.807) is 24.3 Å². The Kier molecular flexibility index (Phi) is 4.83. The van der Waals surface area contributed by atoms with Crippen LogP contribution in [0.3, 0.4) is 0 Å². The number of hydrogen-bond acceptors (Lipinski definition) is 2. The van der Waals surface area contributed by atoms with Gasteiger partial charge in [-0.3, -0.25) is 0 Å². The molecule has 0 aliphatic heterocycles. The van der Waals surface area contributed by atoms with Crippen LogP contribution in [0, 0.1) is 0 Å². The third-order valence-corrected chi connectivity index (χ3v) is 2.40. The number of carboxylic acids is 1. The Morgan fingerprint density at radius 3 is 2.50 bits per heavy atom. The Bertz CT molecular complexity index is 330. The topological polar surface area (TPSA) is 46.5 Å². The fourth-order valence-electron chi connectivity index (χ4n) is 1.46. The Hall–Kier alpha value is -1.51. The van der Waals surface area contributed by atoms with E-state index in [0.29, 0.717) is 0 Å². The summed E-state index contributed by atoms with van der Waals surface area (Å²) in [6.45, 7) is 4.18. The van der Waals surface area contributed by atoms with Crippen LogP contribution in [0.4, 0.5) is 0 Å². The molecular formula is C13H18O3. The minimum atomic E-state index is -0.911. The highest BCUT2D eigenvalue weighted by Crippen LogP contribution is 2.15. The Morgan fingerprint density at radius 2 is 2.00 bits per heavy atom. The fraction of sp³-hybridized carbons (Fsp3) is 0.462. The molecule has 1 rings (SSSR count). The molecule has 0 unspecified atom stereocenters. The highest BCUT2D eigenvalue weighted by Gasteiger charge is 2.05. The molecule has 3 heteroatoms. The van der Waals surface area contributed by atoms with E-state index in [0.717, 1.165) is 25.0 Å². The van der Waals surface area contributed by atoms with E-state index in [9.17, 15) is 4.79 Å². The molecule has 0 radical (unpaired) electrons. The zero-order valence-electron chi connectivity index (χ0n) is 9.77. The number of rotatable bonds is 6. The van der Waals surface area contributed by atoms with Crippen molar-refractivity contribution >= 4 is 5.97 Å². The van der Waals surface area contributed by atoms with Crippen LogP contribution in [-0.4, -0.2) is 17.2 Å². The van der Waals surface area contributed by atoms with Crippen LogP contribution in [0.5, 0.6) is 5.75 Å². The van der Waals surface area contributed by atoms with Crippen LogP contribution in [0.1, 0.15) is 43.5 Å². The van der Waals surface area contributed by atoms with Gasteiger partial charge in [-0.15, -0.1) is 0 Å². The predicted octanol–water partition coefficient (Wildman–Crippen LogP) is 3.34. The van der Waals surface area contributed by atoms with Crippen LogP contribution >= 0.6 is 0 Å². The lowest BCUT2D eigenvalue weighted by Crippen LogP contribution is -2.11. The summed E-state index contributed by atoms with van der Waals surface area (Å²) >= 11 is 0. The van der Waals surface area contributed by atoms with Crippen molar-refractivity contribution in [2.75, 3.05) is 0 Å². The van der Waals surface area contributed by atoms with Crippen molar-refractivity contribution < 1.29 is 14.6 Å². The van der Waals surface area contributed by atoms with E-state index < -0.39 is 5.97 Å². The zero-order valence-corrected chi connectivity index (χ0v) is 9.77. The molecule has 1 aromatic rings. The van der Waals surface area contributed by atoms with E-state index in [4.69, 9.17) is 9.84 Å². The maximum atomic E-state index is 10.6. The highest BCUT2D eigenvalue weighted by atomic mass is 16.5. The molecule has 0 aliphatic carbocycles. The second-order valence-corrected chi connectivity index (χ2v) is 3.90. The number of ether oxygens (including phenoxy) is 1. The second-order valence-electron chi connectivity index (χ2n) is 3.90. The summed E-state index contributed by atoms with van der Waals surface area (Å²) in [4.78, 5) is 10.6. The van der Waals surface area contributed by atoms with E-state index in [1.165, 1.54) is 0 Å². The smallest absolute Gasteiger partial charge is 0.335 e. The molecule has 0 fully saturated rings. The summed E-state index contributed by atoms with van der Waals surface area (Å²) in [6.07, 6.45) is 3.51. The molecule has 0 amide bonds. The van der Waals surface area contributed by atoms with E-state index in [2.05, 4.69) is 6.92 Å². The highest BCUT2D eigenvalue weighted by molar-refractivity contribution is 5.87. The summed E-state index contributed by atoms with van der Waals surface area (Å²) in [6, 6.07) is 6.52. The molecule has 1 atom stereocenters. The minimum absolute atomic E-state index is 0.177. The van der Waals surface area contributed by atoms with Gasteiger partial charge in [-0.05, 0) is 37.6 Å². The van der Waals surface area contributed by atoms with Gasteiger partial charge in [0.15, 0.2) is 0 Å². The van der Waals surface area contributed by atoms with Crippen LogP contribution in [0.2, 0.25) is 0 Å². The summed E-state index contributed by atoms with van der Waals surface area (Å²) < 4.78 is 5.66. The van der Waals surface area contributed by atoms with Crippen LogP contribution in [0.15, 0.2) is 24.3 Å². The second kappa shape index (κ2) is 6.16. The van der Waals surface area contributed by atoms with Gasteiger partial charge in [-0.2, -0.15) is 0 Å². The predicted molar refractivity (Wildman–Crippen MR) is 63.0 cm³/mol. The van der Waals surface area contributed by atoms with Crippen LogP contribution < -0.4 is 4.74 Å². The Morgan fingerprint density at radius 1 is 1.38 bits per heavy atom. The molecule has 88 valence electrons. The number of carboxylic acid groups (broad SMARTS) is 1. The largest absolute Gasteiger partial charge is 0.491 e. The van der Waals surface area contributed by atoms with Crippen LogP contribution in [0.25, 0.3) is 0 Å². The lowest BCUT2D eigenvalue weighted by Gasteiger charge is -2.14. The molecule has 3 nitrogen and oxygen atoms in total. The van der Waals surface area contributed by atoms with Gasteiger partial charge in [0.2, 0.25) is 0 Å². The number of hydrogen-bond donors (Lipinski definition) is 1. The molecule has 0 spiro atoms. The molecular weight excluding hydrogens is 204 g/mol. The molecule has 16 heavy (non-hydrogen) atoms. The third-order valence-electron chi connectivity index (χ3n) is 2.40. The van der Waals surface area contributed by atoms with Gasteiger partial charge in [-0.1, -0.05) is 19.8 Å². The first-order valence-electron chi connectivity index (χ1n) is 5.63. The average molecular weight is 222 g/mol. The standard InChI is InChI=1S/C13H18O3/c1-3-4-5-10(2)16-12-8-6-11(7-9-12)13(14)15/h6-10H,3-5H2,1-2H3,(H,14,15)/t10-/m1/s1. The summed E-state index contributed by atoms with van der Waals surface area (Å²) in [7, 11) is 0. The van der Waals surface area contributed by atoms with Crippen molar-refractivity contribution in [2.45, 2.75) is 39.2 Å². The number of carbonyl (C=O) groups is 1. The van der Waals surface area contributed by atoms with Crippen molar-refractivity contribution in [1.29, 1.82) is 0 Å². The summed E-state index contributed by atoms with van der Waals surface area (Å²) in [5.74, 6) is -0.181. The van der Waals surface area contributed by atoms with E-state index >= 15 is 0 Å². The minimum Gasteiger partial charge on any atom is -0.491 e. The average Bonchev–Trinajstić information content (AvgIpc) is 2.27. The number of unbranched alkanes of at least 4 members (excludes halogenated alkanes) is 1. The Balaban J connectivity index is 2.51. The molecule has 0 bridgehead atoms. The van der Waals surface area contributed by atoms with E-state index in [1.807, 2.05) is 6.92 Å². The summed E-state index contributed by atoms with van der Waals surface area (Å²) in [5.41, 5.74) is 0.286. The monoisotopic (exact) mass is 222 g/mol. The lowest BCUT2D eigenvalue weighted by atomic mass is 10.2. The van der Waals surface area contributed by atoms with Gasteiger partial charge in [0, 0.05) is 0 Å². The van der Waals surface area contributed by atoms with E-state index in [-0.39, 0.29) is 11.7 Å². The summed E-state index contributed by atoms with van der Waals surface area (Å²) in [5, 5.41) is 8.73. The van der Waals surface area contributed by atoms with Crippen molar-refractivity contribution in [2.24, 2.45) is 0 Å². The third kappa shape index (κ3) is 3.93. The SMILES string of the molecule is CCCC[C@@H](C)Oc1ccc(C(=O)O)cc1. The maximum Gasteiger partial charge on any atom is 0.335 e. The van der Waals surface area contributed by atoms with Gasteiger partial charge in [0.25, 0.3) is 0 Å². The van der Waals surface area contributed by atoms with Crippen molar-refractivity contribution in [3.8, 4) is 5.75 Å². The molecule has 0 saturated carbocycles. The molecule has 0 aromatic heterocycles. The van der Waals surface area contributed by atoms with Crippen molar-refractivity contribution in [1.82, 2.24) is 0 Å². The van der Waals surface area contributed by atoms with Gasteiger partial charge in [-0.25, -0.2) is 4.79 Å². The van der Waals surface area contributed by atoms with Crippen LogP contribution in [-0.2, 0) is 0 Å². The lowest BCUT2D eigenvalue weighted by molar-refractivity contribution is 0.0697. The van der Waals surface area contributed by atoms with Crippen molar-refractivity contribution in [3.05, 3.63) is 29.8 Å². The fourth-order valence-corrected chi connectivity index (χ4v) is 1.46. The molecule has 0 heterocycles. The van der Waals surface area contributed by atoms with Gasteiger partial charge >= 0.3 is 5.97 Å². The molecule has 0 aliphatic rings. The molecule has 1 aromatic carbocycles. The first-order valence-corrected chi connectivity index (χ1v) is 5.63. The van der Waals surface area contributed by atoms with Gasteiger partial charge < -0.3 is 9.84 Å². The maximum absolute atomic E-state index is 10.6. The zero-order chi connectivity index (χ0) is 12.0. The number of aromatic carboxylic acids is 1.